The number of aryl methyl sites for hydroxylation is 2. The normalized spacial score (nSPS) is 21.1. The Morgan fingerprint density at radius 3 is 2.44 bits per heavy atom. The molecular weight excluding hydrogens is 218 g/mol. The molecule has 16 heavy (non-hydrogen) atoms. The fourth-order valence-corrected chi connectivity index (χ4v) is 3.03. The molecule has 1 saturated heterocycles. The van der Waals surface area contributed by atoms with Crippen LogP contribution in [-0.2, 0) is 0 Å². The Bertz CT molecular complexity index is 350. The van der Waals surface area contributed by atoms with Crippen molar-refractivity contribution in [2.75, 3.05) is 13.1 Å². The number of piperidine rings is 1. The van der Waals surface area contributed by atoms with Gasteiger partial charge in [0.1, 0.15) is 0 Å². The predicted molar refractivity (Wildman–Crippen MR) is 68.0 cm³/mol. The van der Waals surface area contributed by atoms with Crippen molar-refractivity contribution in [3.05, 3.63) is 17.0 Å². The van der Waals surface area contributed by atoms with Crippen molar-refractivity contribution >= 4 is 11.8 Å². The summed E-state index contributed by atoms with van der Waals surface area (Å²) >= 11 is 1.82. The summed E-state index contributed by atoms with van der Waals surface area (Å²) in [7, 11) is 0. The minimum atomic E-state index is 0.634. The summed E-state index contributed by atoms with van der Waals surface area (Å²) in [6.45, 7) is 8.45. The van der Waals surface area contributed by atoms with Crippen LogP contribution in [0.1, 0.15) is 29.8 Å². The average Bonchev–Trinajstić information content (AvgIpc) is 2.27. The monoisotopic (exact) mass is 237 g/mol. The molecule has 1 N–H and O–H groups in total. The molecule has 0 radical (unpaired) electrons. The smallest absolute Gasteiger partial charge is 0.188 e. The highest BCUT2D eigenvalue weighted by atomic mass is 32.2. The highest BCUT2D eigenvalue weighted by Crippen LogP contribution is 2.25. The van der Waals surface area contributed by atoms with Crippen molar-refractivity contribution in [3.63, 3.8) is 0 Å². The fourth-order valence-electron chi connectivity index (χ4n) is 1.86. The van der Waals surface area contributed by atoms with E-state index in [4.69, 9.17) is 0 Å². The summed E-state index contributed by atoms with van der Waals surface area (Å²) in [5, 5.41) is 4.99. The van der Waals surface area contributed by atoms with E-state index < -0.39 is 0 Å². The van der Waals surface area contributed by atoms with E-state index in [0.717, 1.165) is 29.6 Å². The van der Waals surface area contributed by atoms with Crippen LogP contribution >= 0.6 is 11.8 Å². The van der Waals surface area contributed by atoms with Crippen LogP contribution in [0.5, 0.6) is 0 Å². The Kier molecular flexibility index (Phi) is 3.82. The largest absolute Gasteiger partial charge is 0.316 e. The second-order valence-corrected chi connectivity index (χ2v) is 5.66. The Morgan fingerprint density at radius 2 is 1.88 bits per heavy atom. The van der Waals surface area contributed by atoms with Crippen LogP contribution in [0.2, 0.25) is 0 Å². The lowest BCUT2D eigenvalue weighted by molar-refractivity contribution is 0.530. The lowest BCUT2D eigenvalue weighted by Gasteiger charge is -2.21. The first kappa shape index (κ1) is 11.9. The maximum Gasteiger partial charge on any atom is 0.188 e. The zero-order chi connectivity index (χ0) is 11.5. The molecule has 0 aliphatic carbocycles. The number of rotatable bonds is 2. The van der Waals surface area contributed by atoms with Crippen LogP contribution in [0.15, 0.2) is 5.16 Å². The lowest BCUT2D eigenvalue weighted by atomic mass is 10.2. The molecule has 4 heteroatoms. The molecule has 0 spiro atoms. The molecule has 0 saturated carbocycles. The maximum absolute atomic E-state index is 4.55. The van der Waals surface area contributed by atoms with Gasteiger partial charge in [0.15, 0.2) is 5.16 Å². The third-order valence-corrected chi connectivity index (χ3v) is 4.26. The summed E-state index contributed by atoms with van der Waals surface area (Å²) in [4.78, 5) is 9.10. The summed E-state index contributed by atoms with van der Waals surface area (Å²) in [5.41, 5.74) is 3.43. The minimum absolute atomic E-state index is 0.634. The van der Waals surface area contributed by atoms with Gasteiger partial charge >= 0.3 is 0 Å². The van der Waals surface area contributed by atoms with E-state index >= 15 is 0 Å². The van der Waals surface area contributed by atoms with Gasteiger partial charge in [-0.1, -0.05) is 11.8 Å². The number of thioether (sulfide) groups is 1. The van der Waals surface area contributed by atoms with E-state index in [1.165, 1.54) is 18.4 Å². The molecule has 1 aliphatic rings. The van der Waals surface area contributed by atoms with Crippen molar-refractivity contribution in [1.29, 1.82) is 0 Å². The molecule has 1 fully saturated rings. The van der Waals surface area contributed by atoms with E-state index in [9.17, 15) is 0 Å². The molecule has 0 aromatic carbocycles. The first-order chi connectivity index (χ1) is 7.66. The molecule has 2 rings (SSSR count). The first-order valence-electron chi connectivity index (χ1n) is 5.86. The number of aromatic nitrogens is 2. The van der Waals surface area contributed by atoms with Crippen LogP contribution in [0, 0.1) is 20.8 Å². The van der Waals surface area contributed by atoms with Crippen LogP contribution in [0.4, 0.5) is 0 Å². The molecule has 1 aliphatic heterocycles. The Morgan fingerprint density at radius 1 is 1.19 bits per heavy atom. The van der Waals surface area contributed by atoms with Gasteiger partial charge in [-0.3, -0.25) is 0 Å². The predicted octanol–water partition coefficient (Wildman–Crippen LogP) is 2.25. The third kappa shape index (κ3) is 2.74. The molecule has 88 valence electrons. The highest BCUT2D eigenvalue weighted by Gasteiger charge is 2.16. The van der Waals surface area contributed by atoms with Gasteiger partial charge in [-0.25, -0.2) is 9.97 Å². The first-order valence-corrected chi connectivity index (χ1v) is 6.74. The van der Waals surface area contributed by atoms with Gasteiger partial charge in [0.25, 0.3) is 0 Å². The van der Waals surface area contributed by atoms with Gasteiger partial charge in [-0.15, -0.1) is 0 Å². The number of hydrogen-bond donors (Lipinski definition) is 1. The van der Waals surface area contributed by atoms with E-state index in [1.54, 1.807) is 0 Å². The SMILES string of the molecule is Cc1nc(SC2CCCNC2)nc(C)c1C. The second-order valence-electron chi connectivity index (χ2n) is 4.39. The van der Waals surface area contributed by atoms with Crippen LogP contribution < -0.4 is 5.32 Å². The molecule has 0 bridgehead atoms. The second kappa shape index (κ2) is 5.15. The van der Waals surface area contributed by atoms with Crippen molar-refractivity contribution in [2.45, 2.75) is 44.0 Å². The van der Waals surface area contributed by atoms with Gasteiger partial charge in [0.05, 0.1) is 0 Å². The Hall–Kier alpha value is -0.610. The van der Waals surface area contributed by atoms with Crippen molar-refractivity contribution < 1.29 is 0 Å². The quantitative estimate of drug-likeness (QED) is 0.801. The van der Waals surface area contributed by atoms with Crippen molar-refractivity contribution in [3.8, 4) is 0 Å². The molecule has 1 aromatic rings. The minimum Gasteiger partial charge on any atom is -0.316 e. The maximum atomic E-state index is 4.55. The zero-order valence-electron chi connectivity index (χ0n) is 10.2. The number of nitrogens with zero attached hydrogens (tertiary/aromatic N) is 2. The van der Waals surface area contributed by atoms with Gasteiger partial charge in [-0.05, 0) is 45.7 Å². The molecule has 1 aromatic heterocycles. The molecule has 3 nitrogen and oxygen atoms in total. The van der Waals surface area contributed by atoms with E-state index in [0.29, 0.717) is 5.25 Å². The van der Waals surface area contributed by atoms with E-state index in [-0.39, 0.29) is 0 Å². The Labute approximate surface area is 101 Å². The standard InChI is InChI=1S/C12H19N3S/c1-8-9(2)14-12(15-10(8)3)16-11-5-4-6-13-7-11/h11,13H,4-7H2,1-3H3. The van der Waals surface area contributed by atoms with Crippen LogP contribution in [0.3, 0.4) is 0 Å². The number of hydrogen-bond acceptors (Lipinski definition) is 4. The van der Waals surface area contributed by atoms with Crippen LogP contribution in [-0.4, -0.2) is 28.3 Å². The summed E-state index contributed by atoms with van der Waals surface area (Å²) in [6, 6.07) is 0. The Balaban J connectivity index is 2.09. The van der Waals surface area contributed by atoms with E-state index in [1.807, 2.05) is 11.8 Å². The van der Waals surface area contributed by atoms with Crippen molar-refractivity contribution in [2.24, 2.45) is 0 Å². The third-order valence-electron chi connectivity index (χ3n) is 3.14. The van der Waals surface area contributed by atoms with Gasteiger partial charge in [0.2, 0.25) is 0 Å². The van der Waals surface area contributed by atoms with E-state index in [2.05, 4.69) is 36.1 Å². The summed E-state index contributed by atoms with van der Waals surface area (Å²) in [6.07, 6.45) is 2.54. The number of nitrogens with one attached hydrogen (secondary N) is 1. The lowest BCUT2D eigenvalue weighted by Crippen LogP contribution is -2.31. The van der Waals surface area contributed by atoms with Crippen LogP contribution in [0.25, 0.3) is 0 Å². The molecule has 2 heterocycles. The van der Waals surface area contributed by atoms with Crippen molar-refractivity contribution in [1.82, 2.24) is 15.3 Å². The molecule has 1 atom stereocenters. The van der Waals surface area contributed by atoms with Gasteiger partial charge in [0, 0.05) is 23.2 Å². The fraction of sp³-hybridized carbons (Fsp3) is 0.667. The molecule has 0 amide bonds. The molecule has 1 unspecified atom stereocenters. The highest BCUT2D eigenvalue weighted by molar-refractivity contribution is 7.99. The summed E-state index contributed by atoms with van der Waals surface area (Å²) < 4.78 is 0. The summed E-state index contributed by atoms with van der Waals surface area (Å²) in [5.74, 6) is 0. The zero-order valence-corrected chi connectivity index (χ0v) is 11.0. The topological polar surface area (TPSA) is 37.8 Å². The van der Waals surface area contributed by atoms with Gasteiger partial charge in [-0.2, -0.15) is 0 Å². The van der Waals surface area contributed by atoms with Gasteiger partial charge < -0.3 is 5.32 Å². The molecular formula is C12H19N3S. The average molecular weight is 237 g/mol.